The molecule has 0 spiro atoms. The Kier molecular flexibility index (Phi) is 6.00. The van der Waals surface area contributed by atoms with Crippen molar-refractivity contribution in [1.29, 1.82) is 0 Å². The van der Waals surface area contributed by atoms with Crippen LogP contribution in [0, 0.1) is 0 Å². The lowest BCUT2D eigenvalue weighted by Gasteiger charge is -2.27. The van der Waals surface area contributed by atoms with E-state index in [1.807, 2.05) is 24.3 Å². The number of hydrogen-bond donors (Lipinski definition) is 0. The molecular weight excluding hydrogens is 631 g/mol. The van der Waals surface area contributed by atoms with Crippen LogP contribution in [0.2, 0.25) is 10.0 Å². The van der Waals surface area contributed by atoms with Crippen LogP contribution in [0.4, 0.5) is 7.77 Å². The molecule has 0 aliphatic carbocycles. The number of benzene rings is 2. The summed E-state index contributed by atoms with van der Waals surface area (Å²) in [6.45, 7) is 0. The van der Waals surface area contributed by atoms with Crippen molar-refractivity contribution in [2.45, 2.75) is 0 Å². The van der Waals surface area contributed by atoms with Gasteiger partial charge in [0.2, 0.25) is 11.1 Å². The van der Waals surface area contributed by atoms with Crippen LogP contribution in [0.1, 0.15) is 11.3 Å². The van der Waals surface area contributed by atoms with Crippen molar-refractivity contribution >= 4 is 57.1 Å². The van der Waals surface area contributed by atoms with Crippen molar-refractivity contribution < 1.29 is 26.1 Å². The molecule has 2 aliphatic rings. The lowest BCUT2D eigenvalue weighted by atomic mass is 10.0. The molecule has 220 valence electrons. The van der Waals surface area contributed by atoms with E-state index in [2.05, 4.69) is 4.98 Å². The highest BCUT2D eigenvalue weighted by molar-refractivity contribution is 8.22. The minimum absolute atomic E-state index is 0.220. The molecule has 0 saturated heterocycles. The summed E-state index contributed by atoms with van der Waals surface area (Å²) in [5.41, 5.74) is 3.50. The Morgan fingerprint density at radius 3 is 2.00 bits per heavy atom. The number of methoxy groups -OCH3 is 2. The smallest absolute Gasteiger partial charge is 0.388 e. The van der Waals surface area contributed by atoms with Gasteiger partial charge < -0.3 is 18.3 Å². The highest BCUT2D eigenvalue weighted by Gasteiger charge is 2.53. The average molecular weight is 651 g/mol. The standard InChI is InChI=1S/C32H20Cl2F2N3O4S/c1-40-19-7-3-17(4-8-19)27-11-23-29(42-27)13-25-32(31-21(33)15-37-16-22(31)34)26-14-30-24(39(26)44(35,36)38(23)25)12-28(43-30)18-5-9-20(41-2)10-6-18/h3-16H,1-2H3/q+1. The third-order valence-corrected chi connectivity index (χ3v) is 9.93. The number of rotatable bonds is 5. The SMILES string of the molecule is COc1ccc(-c2cc3c(o2)=CC2=C(c4c(Cl)cncc4Cl)c4cc5oc(-c6ccc(OC)cc6)cc5n4S(F)(F)[N+]=32)cc1. The molecule has 12 heteroatoms. The molecule has 2 aromatic carbocycles. The summed E-state index contributed by atoms with van der Waals surface area (Å²) in [5.74, 6) is 2.23. The third-order valence-electron chi connectivity index (χ3n) is 7.70. The summed E-state index contributed by atoms with van der Waals surface area (Å²) < 4.78 is 58.9. The van der Waals surface area contributed by atoms with Crippen LogP contribution in [0.25, 0.3) is 45.4 Å². The number of nitrogens with zero attached hydrogens (tertiary/aromatic N) is 3. The molecule has 0 amide bonds. The zero-order chi connectivity index (χ0) is 30.3. The van der Waals surface area contributed by atoms with E-state index in [9.17, 15) is 0 Å². The van der Waals surface area contributed by atoms with Gasteiger partial charge >= 0.3 is 11.2 Å². The molecule has 6 heterocycles. The summed E-state index contributed by atoms with van der Waals surface area (Å²) in [4.78, 5) is 4.07. The van der Waals surface area contributed by atoms with E-state index in [0.717, 1.165) is 19.1 Å². The van der Waals surface area contributed by atoms with Gasteiger partial charge in [-0.25, -0.2) is 0 Å². The van der Waals surface area contributed by atoms with E-state index in [0.29, 0.717) is 45.2 Å². The molecule has 0 bridgehead atoms. The number of pyridine rings is 1. The van der Waals surface area contributed by atoms with Gasteiger partial charge in [0.05, 0.1) is 47.7 Å². The Bertz CT molecular complexity index is 2290. The van der Waals surface area contributed by atoms with Crippen molar-refractivity contribution in [3.63, 3.8) is 0 Å². The number of aromatic nitrogens is 2. The summed E-state index contributed by atoms with van der Waals surface area (Å²) in [6, 6.07) is 19.2. The first kappa shape index (κ1) is 27.1. The van der Waals surface area contributed by atoms with E-state index in [1.54, 1.807) is 62.8 Å². The Morgan fingerprint density at radius 1 is 0.818 bits per heavy atom. The molecule has 0 saturated carbocycles. The molecule has 0 radical (unpaired) electrons. The Labute approximate surface area is 260 Å². The van der Waals surface area contributed by atoms with Gasteiger partial charge in [0.1, 0.15) is 28.5 Å². The zero-order valence-corrected chi connectivity index (χ0v) is 25.3. The minimum Gasteiger partial charge on any atom is -0.497 e. The van der Waals surface area contributed by atoms with Crippen LogP contribution in [0.5, 0.6) is 11.5 Å². The van der Waals surface area contributed by atoms with Gasteiger partial charge in [-0.05, 0) is 48.5 Å². The number of allylic oxidation sites excluding steroid dienone is 1. The molecule has 44 heavy (non-hydrogen) atoms. The Balaban J connectivity index is 1.40. The van der Waals surface area contributed by atoms with E-state index in [4.69, 9.17) is 41.5 Å². The van der Waals surface area contributed by atoms with Crippen LogP contribution < -0.4 is 24.2 Å². The highest BCUT2D eigenvalue weighted by Crippen LogP contribution is 2.62. The van der Waals surface area contributed by atoms with Crippen molar-refractivity contribution in [1.82, 2.24) is 12.9 Å². The fourth-order valence-electron chi connectivity index (χ4n) is 5.68. The normalized spacial score (nSPS) is 15.5. The van der Waals surface area contributed by atoms with Crippen LogP contribution in [-0.4, -0.2) is 23.2 Å². The van der Waals surface area contributed by atoms with Crippen molar-refractivity contribution in [2.75, 3.05) is 14.2 Å². The summed E-state index contributed by atoms with van der Waals surface area (Å²) >= 11 is 8.53. The summed E-state index contributed by atoms with van der Waals surface area (Å²) in [5, 5.41) is 0.676. The van der Waals surface area contributed by atoms with Crippen molar-refractivity contribution in [3.8, 4) is 34.1 Å². The number of ether oxygens (including phenoxy) is 2. The Hall–Kier alpha value is -4.51. The molecule has 2 aliphatic heterocycles. The molecule has 4 aromatic heterocycles. The second-order valence-corrected chi connectivity index (χ2v) is 12.5. The topological polar surface area (TPSA) is 65.6 Å². The van der Waals surface area contributed by atoms with Gasteiger partial charge in [-0.1, -0.05) is 35.0 Å². The maximum Gasteiger partial charge on any atom is 0.388 e. The lowest BCUT2D eigenvalue weighted by Crippen LogP contribution is -2.35. The van der Waals surface area contributed by atoms with Gasteiger partial charge in [0.25, 0.3) is 5.36 Å². The third kappa shape index (κ3) is 3.88. The Morgan fingerprint density at radius 2 is 1.41 bits per heavy atom. The van der Waals surface area contributed by atoms with Crippen LogP contribution in [0.15, 0.2) is 93.7 Å². The fraction of sp³-hybridized carbons (Fsp3) is 0.0625. The molecule has 7 nitrogen and oxygen atoms in total. The molecule has 0 N–H and O–H groups in total. The number of hydrogen-bond acceptors (Lipinski definition) is 5. The van der Waals surface area contributed by atoms with Crippen LogP contribution in [-0.2, 0) is 0 Å². The number of fused-ring (bicyclic) bond motifs is 5. The molecular formula is C32H20Cl2F2N3O4S+. The number of halogens is 4. The van der Waals surface area contributed by atoms with E-state index >= 15 is 7.77 Å². The summed E-state index contributed by atoms with van der Waals surface area (Å²) in [6.07, 6.45) is 4.48. The van der Waals surface area contributed by atoms with Crippen LogP contribution >= 0.6 is 34.4 Å². The predicted octanol–water partition coefficient (Wildman–Crippen LogP) is 7.89. The van der Waals surface area contributed by atoms with Gasteiger partial charge in [0.15, 0.2) is 5.58 Å². The van der Waals surface area contributed by atoms with Gasteiger partial charge in [-0.15, -0.1) is 0 Å². The lowest BCUT2D eigenvalue weighted by molar-refractivity contribution is 0.414. The first-order chi connectivity index (χ1) is 21.3. The van der Waals surface area contributed by atoms with Crippen molar-refractivity contribution in [3.05, 3.63) is 117 Å². The van der Waals surface area contributed by atoms with Gasteiger partial charge in [-0.3, -0.25) is 4.98 Å². The molecule has 0 atom stereocenters. The van der Waals surface area contributed by atoms with E-state index < -0.39 is 11.2 Å². The molecule has 0 fully saturated rings. The van der Waals surface area contributed by atoms with E-state index in [-0.39, 0.29) is 32.3 Å². The highest BCUT2D eigenvalue weighted by atomic mass is 35.5. The van der Waals surface area contributed by atoms with Crippen LogP contribution in [0.3, 0.4) is 0 Å². The average Bonchev–Trinajstić information content (AvgIpc) is 3.78. The predicted molar refractivity (Wildman–Crippen MR) is 167 cm³/mol. The maximum absolute atomic E-state index is 17.0. The number of furan rings is 2. The molecule has 0 unspecified atom stereocenters. The molecule has 6 aromatic rings. The second kappa shape index (κ2) is 9.75. The van der Waals surface area contributed by atoms with E-state index in [1.165, 1.54) is 12.4 Å². The minimum atomic E-state index is -4.74. The largest absolute Gasteiger partial charge is 0.497 e. The fourth-order valence-corrected chi connectivity index (χ4v) is 7.91. The molecule has 8 rings (SSSR count). The quantitative estimate of drug-likeness (QED) is 0.178. The first-order valence-corrected chi connectivity index (χ1v) is 15.4. The summed E-state index contributed by atoms with van der Waals surface area (Å²) in [7, 11) is 3.15. The maximum atomic E-state index is 17.0. The first-order valence-electron chi connectivity index (χ1n) is 13.3. The van der Waals surface area contributed by atoms with Crippen molar-refractivity contribution in [2.24, 2.45) is 0 Å². The van der Waals surface area contributed by atoms with Gasteiger partial charge in [-0.2, -0.15) is 3.97 Å². The van der Waals surface area contributed by atoms with Gasteiger partial charge in [0, 0.05) is 41.2 Å². The second-order valence-electron chi connectivity index (χ2n) is 10.1. The zero-order valence-electron chi connectivity index (χ0n) is 23.0. The monoisotopic (exact) mass is 650 g/mol.